The molecule has 6 N–H and O–H groups in total. The van der Waals surface area contributed by atoms with E-state index in [1.54, 1.807) is 10.9 Å². The summed E-state index contributed by atoms with van der Waals surface area (Å²) in [7, 11) is 0. The number of nitrogens with one attached hydrogen (secondary N) is 2. The number of nitrogens with two attached hydrogens (primary N) is 1. The predicted molar refractivity (Wildman–Crippen MR) is 123 cm³/mol. The van der Waals surface area contributed by atoms with Crippen LogP contribution in [0.4, 0.5) is 16.4 Å². The van der Waals surface area contributed by atoms with Crippen LogP contribution in [0.1, 0.15) is 31.4 Å². The first-order chi connectivity index (χ1) is 16.2. The van der Waals surface area contributed by atoms with Crippen LogP contribution in [0.3, 0.4) is 0 Å². The molecule has 0 aliphatic carbocycles. The van der Waals surface area contributed by atoms with Crippen LogP contribution in [0, 0.1) is 0 Å². The van der Waals surface area contributed by atoms with Crippen LogP contribution in [0.5, 0.6) is 0 Å². The van der Waals surface area contributed by atoms with Gasteiger partial charge in [-0.3, -0.25) is 19.4 Å². The number of carbonyl (C=O) groups excluding carboxylic acids is 1. The van der Waals surface area contributed by atoms with Gasteiger partial charge < -0.3 is 21.3 Å². The molecular formula is C23H28N5O6+. The SMILES string of the molecule is CC(Cc1ccccc1)[n+]1cc(NC(=O)Nc2ccccc2)on1.N[C@@H](CCC(=O)O)C(=O)O. The summed E-state index contributed by atoms with van der Waals surface area (Å²) in [5.74, 6) is -1.90. The molecule has 2 aromatic carbocycles. The number of carbonyl (C=O) groups is 3. The summed E-state index contributed by atoms with van der Waals surface area (Å²) in [6.45, 7) is 2.04. The van der Waals surface area contributed by atoms with Gasteiger partial charge in [0, 0.05) is 25.5 Å². The molecule has 34 heavy (non-hydrogen) atoms. The highest BCUT2D eigenvalue weighted by atomic mass is 16.5. The number of aliphatic carboxylic acids is 2. The molecule has 3 aromatic rings. The number of amides is 2. The second kappa shape index (κ2) is 13.3. The molecule has 11 heteroatoms. The lowest BCUT2D eigenvalue weighted by Crippen LogP contribution is -2.40. The molecule has 0 fully saturated rings. The molecule has 180 valence electrons. The molecule has 0 radical (unpaired) electrons. The summed E-state index contributed by atoms with van der Waals surface area (Å²) in [6, 6.07) is 18.0. The van der Waals surface area contributed by atoms with E-state index in [0.29, 0.717) is 11.6 Å². The van der Waals surface area contributed by atoms with Gasteiger partial charge in [-0.25, -0.2) is 4.79 Å². The third-order valence-electron chi connectivity index (χ3n) is 4.56. The Bertz CT molecular complexity index is 1060. The Morgan fingerprint density at radius 1 is 1.03 bits per heavy atom. The van der Waals surface area contributed by atoms with Crippen LogP contribution < -0.4 is 21.0 Å². The Kier molecular flexibility index (Phi) is 10.2. The van der Waals surface area contributed by atoms with Gasteiger partial charge >= 0.3 is 23.9 Å². The van der Waals surface area contributed by atoms with E-state index in [0.717, 1.165) is 6.42 Å². The first-order valence-electron chi connectivity index (χ1n) is 10.5. The zero-order chi connectivity index (χ0) is 24.9. The van der Waals surface area contributed by atoms with Gasteiger partial charge in [0.05, 0.1) is 0 Å². The number of para-hydroxylation sites is 1. The Hall–Kier alpha value is -4.25. The van der Waals surface area contributed by atoms with Crippen molar-refractivity contribution < 1.29 is 33.8 Å². The van der Waals surface area contributed by atoms with Gasteiger partial charge in [0.2, 0.25) is 5.27 Å². The summed E-state index contributed by atoms with van der Waals surface area (Å²) >= 11 is 0. The van der Waals surface area contributed by atoms with Crippen LogP contribution in [0.15, 0.2) is 71.4 Å². The van der Waals surface area contributed by atoms with Crippen molar-refractivity contribution in [3.05, 3.63) is 72.4 Å². The van der Waals surface area contributed by atoms with Crippen molar-refractivity contribution in [3.8, 4) is 0 Å². The van der Waals surface area contributed by atoms with Gasteiger partial charge in [-0.15, -0.1) is 0 Å². The molecule has 0 aliphatic rings. The zero-order valence-corrected chi connectivity index (χ0v) is 18.6. The zero-order valence-electron chi connectivity index (χ0n) is 18.6. The average Bonchev–Trinajstić information content (AvgIpc) is 3.27. The third kappa shape index (κ3) is 9.49. The Morgan fingerprint density at radius 3 is 2.24 bits per heavy atom. The molecule has 0 spiro atoms. The summed E-state index contributed by atoms with van der Waals surface area (Å²) < 4.78 is 6.87. The van der Waals surface area contributed by atoms with Gasteiger partial charge in [0.25, 0.3) is 6.20 Å². The minimum Gasteiger partial charge on any atom is -0.481 e. The van der Waals surface area contributed by atoms with Crippen LogP contribution in [-0.2, 0) is 16.0 Å². The molecule has 1 unspecified atom stereocenters. The van der Waals surface area contributed by atoms with Crippen molar-refractivity contribution in [2.75, 3.05) is 10.6 Å². The molecule has 1 aromatic heterocycles. The molecule has 3 rings (SSSR count). The molecule has 0 bridgehead atoms. The second-order valence-electron chi connectivity index (χ2n) is 7.41. The molecule has 1 heterocycles. The van der Waals surface area contributed by atoms with E-state index in [4.69, 9.17) is 20.5 Å². The summed E-state index contributed by atoms with van der Waals surface area (Å²) in [4.78, 5) is 31.8. The van der Waals surface area contributed by atoms with Gasteiger partial charge in [-0.05, 0) is 28.8 Å². The second-order valence-corrected chi connectivity index (χ2v) is 7.41. The first-order valence-corrected chi connectivity index (χ1v) is 10.5. The standard InChI is InChI=1S/C18H18N4O2.C5H9NO4/c1-14(12-15-8-4-2-5-9-15)22-13-17(24-21-22)20-18(23)19-16-10-6-3-7-11-16;6-3(5(9)10)1-2-4(7)8/h2-11,13-14H,12H2,1H3,(H-,19,20,21,23);3H,1-2,6H2,(H,7,8)(H,9,10)/p+1/t;3-/m.0/s1. The van der Waals surface area contributed by atoms with Gasteiger partial charge in [0.15, 0.2) is 6.04 Å². The molecule has 0 saturated heterocycles. The summed E-state index contributed by atoms with van der Waals surface area (Å²) in [5.41, 5.74) is 6.93. The van der Waals surface area contributed by atoms with Crippen molar-refractivity contribution in [2.24, 2.45) is 5.73 Å². The summed E-state index contributed by atoms with van der Waals surface area (Å²) in [5, 5.41) is 25.6. The molecule has 0 saturated carbocycles. The van der Waals surface area contributed by atoms with Crippen molar-refractivity contribution in [1.82, 2.24) is 5.27 Å². The number of hydrogen-bond acceptors (Lipinski definition) is 6. The maximum Gasteiger partial charge on any atom is 0.326 e. The molecule has 2 amide bonds. The topological polar surface area (TPSA) is 172 Å². The van der Waals surface area contributed by atoms with Crippen LogP contribution in [0.25, 0.3) is 0 Å². The lowest BCUT2D eigenvalue weighted by molar-refractivity contribution is -0.782. The van der Waals surface area contributed by atoms with Crippen molar-refractivity contribution in [3.63, 3.8) is 0 Å². The number of carboxylic acids is 2. The number of rotatable bonds is 9. The maximum atomic E-state index is 11.9. The van der Waals surface area contributed by atoms with Gasteiger partial charge in [-0.1, -0.05) is 48.5 Å². The number of anilines is 2. The predicted octanol–water partition coefficient (Wildman–Crippen LogP) is 2.67. The average molecular weight is 471 g/mol. The normalized spacial score (nSPS) is 11.9. The monoisotopic (exact) mass is 470 g/mol. The van der Waals surface area contributed by atoms with E-state index in [1.807, 2.05) is 55.5 Å². The lowest BCUT2D eigenvalue weighted by Gasteiger charge is -2.03. The van der Waals surface area contributed by atoms with E-state index < -0.39 is 18.0 Å². The Balaban J connectivity index is 0.000000347. The highest BCUT2D eigenvalue weighted by Gasteiger charge is 2.21. The minimum atomic E-state index is -1.17. The highest BCUT2D eigenvalue weighted by Crippen LogP contribution is 2.10. The van der Waals surface area contributed by atoms with Crippen LogP contribution in [-0.4, -0.2) is 39.5 Å². The van der Waals surface area contributed by atoms with E-state index in [9.17, 15) is 14.4 Å². The van der Waals surface area contributed by atoms with Crippen LogP contribution >= 0.6 is 0 Å². The molecular weight excluding hydrogens is 442 g/mol. The first kappa shape index (κ1) is 26.0. The van der Waals surface area contributed by atoms with Crippen molar-refractivity contribution in [2.45, 2.75) is 38.3 Å². The third-order valence-corrected chi connectivity index (χ3v) is 4.56. The number of urea groups is 1. The quantitative estimate of drug-likeness (QED) is 0.297. The van der Waals surface area contributed by atoms with Gasteiger partial charge in [0.1, 0.15) is 6.04 Å². The fourth-order valence-corrected chi connectivity index (χ4v) is 2.77. The smallest absolute Gasteiger partial charge is 0.326 e. The van der Waals surface area contributed by atoms with Crippen LogP contribution in [0.2, 0.25) is 0 Å². The number of hydrogen-bond donors (Lipinski definition) is 5. The fraction of sp³-hybridized carbons (Fsp3) is 0.261. The number of nitrogens with zero attached hydrogens (tertiary/aromatic N) is 2. The van der Waals surface area contributed by atoms with E-state index in [1.165, 1.54) is 5.56 Å². The Morgan fingerprint density at radius 2 is 1.65 bits per heavy atom. The number of carboxylic acid groups (broad SMARTS) is 2. The minimum absolute atomic E-state index is 0.0231. The molecule has 11 nitrogen and oxygen atoms in total. The Labute approximate surface area is 196 Å². The number of benzene rings is 2. The van der Waals surface area contributed by atoms with E-state index in [-0.39, 0.29) is 24.9 Å². The maximum absolute atomic E-state index is 11.9. The molecule has 0 aliphatic heterocycles. The van der Waals surface area contributed by atoms with E-state index in [2.05, 4.69) is 28.0 Å². The van der Waals surface area contributed by atoms with Crippen molar-refractivity contribution in [1.29, 1.82) is 0 Å². The molecule has 2 atom stereocenters. The lowest BCUT2D eigenvalue weighted by atomic mass is 10.1. The largest absolute Gasteiger partial charge is 0.481 e. The van der Waals surface area contributed by atoms with E-state index >= 15 is 0 Å². The summed E-state index contributed by atoms with van der Waals surface area (Å²) in [6.07, 6.45) is 2.28. The number of aromatic nitrogens is 2. The fourth-order valence-electron chi connectivity index (χ4n) is 2.77. The van der Waals surface area contributed by atoms with Crippen molar-refractivity contribution >= 4 is 29.5 Å². The highest BCUT2D eigenvalue weighted by molar-refractivity contribution is 5.98. The van der Waals surface area contributed by atoms with Gasteiger partial charge in [-0.2, -0.15) is 0 Å².